The first-order valence-electron chi connectivity index (χ1n) is 5.06. The number of nitrogens with zero attached hydrogens (tertiary/aromatic N) is 3. The third kappa shape index (κ3) is 1.74. The number of methoxy groups -OCH3 is 1. The van der Waals surface area contributed by atoms with E-state index in [0.717, 1.165) is 27.2 Å². The summed E-state index contributed by atoms with van der Waals surface area (Å²) in [5, 5.41) is 3.06. The maximum atomic E-state index is 5.17. The molecular weight excluding hydrogens is 234 g/mol. The van der Waals surface area contributed by atoms with E-state index in [4.69, 9.17) is 4.74 Å². The number of pyridine rings is 1. The third-order valence-corrected chi connectivity index (χ3v) is 3.30. The Labute approximate surface area is 102 Å². The van der Waals surface area contributed by atoms with Crippen LogP contribution in [0.1, 0.15) is 0 Å². The molecule has 0 radical (unpaired) electrons. The van der Waals surface area contributed by atoms with E-state index >= 15 is 0 Å². The van der Waals surface area contributed by atoms with Crippen LogP contribution < -0.4 is 4.74 Å². The lowest BCUT2D eigenvalue weighted by Crippen LogP contribution is -1.89. The van der Waals surface area contributed by atoms with Gasteiger partial charge in [0.15, 0.2) is 0 Å². The zero-order valence-electron chi connectivity index (χ0n) is 9.12. The number of rotatable bonds is 2. The van der Waals surface area contributed by atoms with Crippen LogP contribution in [0.4, 0.5) is 0 Å². The van der Waals surface area contributed by atoms with Crippen LogP contribution in [0.25, 0.3) is 21.5 Å². The summed E-state index contributed by atoms with van der Waals surface area (Å²) in [6.07, 6.45) is 5.03. The summed E-state index contributed by atoms with van der Waals surface area (Å²) in [6, 6.07) is 3.95. The Bertz CT molecular complexity index is 665. The van der Waals surface area contributed by atoms with E-state index in [1.54, 1.807) is 37.2 Å². The number of fused-ring (bicyclic) bond motifs is 1. The van der Waals surface area contributed by atoms with Gasteiger partial charge in [-0.3, -0.25) is 4.98 Å². The van der Waals surface area contributed by atoms with Crippen molar-refractivity contribution < 1.29 is 4.74 Å². The monoisotopic (exact) mass is 243 g/mol. The van der Waals surface area contributed by atoms with Crippen molar-refractivity contribution in [2.45, 2.75) is 0 Å². The molecule has 17 heavy (non-hydrogen) atoms. The smallest absolute Gasteiger partial charge is 0.137 e. The fourth-order valence-corrected chi connectivity index (χ4v) is 2.41. The number of aromatic nitrogens is 3. The summed E-state index contributed by atoms with van der Waals surface area (Å²) >= 11 is 1.60. The largest absolute Gasteiger partial charge is 0.495 e. The molecule has 0 saturated carbocycles. The summed E-state index contributed by atoms with van der Waals surface area (Å²) in [6.45, 7) is 0. The lowest BCUT2D eigenvalue weighted by molar-refractivity contribution is 0.413. The first-order chi connectivity index (χ1) is 8.38. The topological polar surface area (TPSA) is 47.9 Å². The summed E-state index contributed by atoms with van der Waals surface area (Å²) in [4.78, 5) is 13.7. The number of hydrogen-bond donors (Lipinski definition) is 0. The van der Waals surface area contributed by atoms with Gasteiger partial charge in [-0.05, 0) is 17.5 Å². The lowest BCUT2D eigenvalue weighted by Gasteiger charge is -2.03. The summed E-state index contributed by atoms with van der Waals surface area (Å²) < 4.78 is 5.17. The Balaban J connectivity index is 2.23. The van der Waals surface area contributed by atoms with Crippen LogP contribution in [0.3, 0.4) is 0 Å². The van der Waals surface area contributed by atoms with Gasteiger partial charge in [-0.1, -0.05) is 0 Å². The fourth-order valence-electron chi connectivity index (χ4n) is 1.68. The highest BCUT2D eigenvalue weighted by Gasteiger charge is 2.08. The zero-order valence-corrected chi connectivity index (χ0v) is 9.94. The summed E-state index contributed by atoms with van der Waals surface area (Å²) in [7, 11) is 1.63. The molecule has 3 heterocycles. The van der Waals surface area contributed by atoms with Crippen LogP contribution in [0, 0.1) is 0 Å². The lowest BCUT2D eigenvalue weighted by atomic mass is 10.1. The molecule has 0 atom stereocenters. The van der Waals surface area contributed by atoms with Gasteiger partial charge in [0, 0.05) is 17.1 Å². The van der Waals surface area contributed by atoms with Crippen LogP contribution in [0.5, 0.6) is 5.75 Å². The maximum absolute atomic E-state index is 5.17. The van der Waals surface area contributed by atoms with Gasteiger partial charge in [-0.15, -0.1) is 11.3 Å². The molecule has 0 amide bonds. The van der Waals surface area contributed by atoms with Crippen molar-refractivity contribution in [3.05, 3.63) is 36.2 Å². The highest BCUT2D eigenvalue weighted by molar-refractivity contribution is 7.16. The van der Waals surface area contributed by atoms with Crippen LogP contribution in [0.2, 0.25) is 0 Å². The normalized spacial score (nSPS) is 10.6. The second kappa shape index (κ2) is 4.10. The van der Waals surface area contributed by atoms with E-state index in [1.807, 2.05) is 17.5 Å². The van der Waals surface area contributed by atoms with Gasteiger partial charge in [0.2, 0.25) is 0 Å². The van der Waals surface area contributed by atoms with Gasteiger partial charge in [-0.2, -0.15) is 0 Å². The molecule has 3 aromatic heterocycles. The van der Waals surface area contributed by atoms with E-state index in [1.165, 1.54) is 0 Å². The van der Waals surface area contributed by atoms with Crippen LogP contribution in [0.15, 0.2) is 36.2 Å². The standard InChI is InChI=1S/C12H9N3OS/c1-16-9-4-8(5-13-6-9)11-10-2-3-17-12(10)15-7-14-11/h2-7H,1H3. The molecule has 3 rings (SSSR count). The minimum atomic E-state index is 0.726. The first kappa shape index (κ1) is 10.2. The Hall–Kier alpha value is -2.01. The predicted molar refractivity (Wildman–Crippen MR) is 67.2 cm³/mol. The maximum Gasteiger partial charge on any atom is 0.137 e. The van der Waals surface area contributed by atoms with Crippen LogP contribution >= 0.6 is 11.3 Å². The summed E-state index contributed by atoms with van der Waals surface area (Å²) in [5.74, 6) is 0.726. The van der Waals surface area contributed by atoms with Gasteiger partial charge in [0.25, 0.3) is 0 Å². The van der Waals surface area contributed by atoms with Crippen molar-refractivity contribution in [3.8, 4) is 17.0 Å². The van der Waals surface area contributed by atoms with Gasteiger partial charge in [0.1, 0.15) is 16.9 Å². The molecule has 0 saturated heterocycles. The third-order valence-electron chi connectivity index (χ3n) is 2.48. The molecule has 0 bridgehead atoms. The molecule has 0 N–H and O–H groups in total. The number of thiophene rings is 1. The molecule has 0 aliphatic heterocycles. The van der Waals surface area contributed by atoms with E-state index in [-0.39, 0.29) is 0 Å². The average molecular weight is 243 g/mol. The molecule has 0 aromatic carbocycles. The zero-order chi connectivity index (χ0) is 11.7. The van der Waals surface area contributed by atoms with E-state index < -0.39 is 0 Å². The van der Waals surface area contributed by atoms with Gasteiger partial charge < -0.3 is 4.74 Å². The molecule has 4 nitrogen and oxygen atoms in total. The van der Waals surface area contributed by atoms with E-state index in [9.17, 15) is 0 Å². The van der Waals surface area contributed by atoms with Crippen molar-refractivity contribution in [1.29, 1.82) is 0 Å². The average Bonchev–Trinajstić information content (AvgIpc) is 2.87. The second-order valence-electron chi connectivity index (χ2n) is 3.48. The van der Waals surface area contributed by atoms with Crippen LogP contribution in [-0.4, -0.2) is 22.1 Å². The van der Waals surface area contributed by atoms with Crippen molar-refractivity contribution in [2.24, 2.45) is 0 Å². The molecule has 0 fully saturated rings. The molecule has 0 unspecified atom stereocenters. The quantitative estimate of drug-likeness (QED) is 0.694. The van der Waals surface area contributed by atoms with Gasteiger partial charge in [-0.25, -0.2) is 9.97 Å². The van der Waals surface area contributed by atoms with Gasteiger partial charge >= 0.3 is 0 Å². The van der Waals surface area contributed by atoms with Crippen LogP contribution in [-0.2, 0) is 0 Å². The summed E-state index contributed by atoms with van der Waals surface area (Å²) in [5.41, 5.74) is 1.83. The molecule has 3 aromatic rings. The highest BCUT2D eigenvalue weighted by Crippen LogP contribution is 2.29. The Kier molecular flexibility index (Phi) is 2.45. The molecule has 5 heteroatoms. The van der Waals surface area contributed by atoms with E-state index in [0.29, 0.717) is 0 Å². The first-order valence-corrected chi connectivity index (χ1v) is 5.94. The second-order valence-corrected chi connectivity index (χ2v) is 4.37. The van der Waals surface area contributed by atoms with Crippen molar-refractivity contribution in [3.63, 3.8) is 0 Å². The Morgan fingerprint density at radius 3 is 3.06 bits per heavy atom. The molecular formula is C12H9N3OS. The molecule has 0 aliphatic rings. The van der Waals surface area contributed by atoms with Gasteiger partial charge in [0.05, 0.1) is 19.0 Å². The molecule has 84 valence electrons. The minimum absolute atomic E-state index is 0.726. The number of hydrogen-bond acceptors (Lipinski definition) is 5. The number of ether oxygens (including phenoxy) is 1. The molecule has 0 spiro atoms. The fraction of sp³-hybridized carbons (Fsp3) is 0.0833. The SMILES string of the molecule is COc1cncc(-c2ncnc3sccc23)c1. The van der Waals surface area contributed by atoms with Crippen molar-refractivity contribution in [2.75, 3.05) is 7.11 Å². The van der Waals surface area contributed by atoms with Crippen molar-refractivity contribution >= 4 is 21.6 Å². The van der Waals surface area contributed by atoms with E-state index in [2.05, 4.69) is 15.0 Å². The molecule has 0 aliphatic carbocycles. The predicted octanol–water partition coefficient (Wildman–Crippen LogP) is 2.76. The Morgan fingerprint density at radius 2 is 2.18 bits per heavy atom. The van der Waals surface area contributed by atoms with Crippen molar-refractivity contribution in [1.82, 2.24) is 15.0 Å². The minimum Gasteiger partial charge on any atom is -0.495 e. The highest BCUT2D eigenvalue weighted by atomic mass is 32.1. The Morgan fingerprint density at radius 1 is 1.24 bits per heavy atom.